The Labute approximate surface area is 125 Å². The number of sulfone groups is 1. The molecule has 112 valence electrons. The third-order valence-corrected chi connectivity index (χ3v) is 6.31. The van der Waals surface area contributed by atoms with Gasteiger partial charge in [-0.1, -0.05) is 19.1 Å². The van der Waals surface area contributed by atoms with Gasteiger partial charge >= 0.3 is 0 Å². The molecule has 4 nitrogen and oxygen atoms in total. The second-order valence-electron chi connectivity index (χ2n) is 5.16. The van der Waals surface area contributed by atoms with Gasteiger partial charge in [0.2, 0.25) is 0 Å². The van der Waals surface area contributed by atoms with Crippen molar-refractivity contribution in [3.05, 3.63) is 29.8 Å². The lowest BCUT2D eigenvalue weighted by molar-refractivity contribution is 0.584. The van der Waals surface area contributed by atoms with Crippen molar-refractivity contribution in [2.45, 2.75) is 24.8 Å². The smallest absolute Gasteiger partial charge is 0.169 e. The number of thioether (sulfide) groups is 1. The molecule has 1 saturated heterocycles. The van der Waals surface area contributed by atoms with E-state index < -0.39 is 15.2 Å². The van der Waals surface area contributed by atoms with E-state index in [9.17, 15) is 8.42 Å². The zero-order valence-electron chi connectivity index (χ0n) is 12.0. The summed E-state index contributed by atoms with van der Waals surface area (Å²) in [5, 5.41) is -0.424. The van der Waals surface area contributed by atoms with Crippen LogP contribution in [0.15, 0.2) is 24.3 Å². The molecule has 0 bridgehead atoms. The highest BCUT2D eigenvalue weighted by molar-refractivity contribution is 8.01. The maximum absolute atomic E-state index is 11.9. The molecule has 0 aromatic heterocycles. The number of anilines is 1. The van der Waals surface area contributed by atoms with Gasteiger partial charge in [0.15, 0.2) is 9.84 Å². The zero-order valence-corrected chi connectivity index (χ0v) is 13.6. The summed E-state index contributed by atoms with van der Waals surface area (Å²) in [6, 6.07) is 8.03. The number of hydrogen-bond acceptors (Lipinski definition) is 5. The number of nitrogens with two attached hydrogens (primary N) is 1. The molecule has 0 radical (unpaired) electrons. The summed E-state index contributed by atoms with van der Waals surface area (Å²) in [7, 11) is -3.07. The van der Waals surface area contributed by atoms with E-state index in [2.05, 4.69) is 6.92 Å². The third-order valence-electron chi connectivity index (χ3n) is 3.67. The van der Waals surface area contributed by atoms with Crippen molar-refractivity contribution in [3.8, 4) is 0 Å². The molecule has 1 unspecified atom stereocenters. The van der Waals surface area contributed by atoms with Crippen LogP contribution in [0.3, 0.4) is 0 Å². The normalized spacial score (nSPS) is 21.8. The van der Waals surface area contributed by atoms with Crippen molar-refractivity contribution in [3.63, 3.8) is 0 Å². The summed E-state index contributed by atoms with van der Waals surface area (Å²) >= 11 is 1.70. The fourth-order valence-electron chi connectivity index (χ4n) is 2.38. The molecule has 1 aliphatic rings. The lowest BCUT2D eigenvalue weighted by Crippen LogP contribution is -2.47. The molecular formula is C14H22N2O2S2. The molecule has 0 saturated carbocycles. The highest BCUT2D eigenvalue weighted by atomic mass is 32.2. The number of benzene rings is 1. The first-order valence-corrected chi connectivity index (χ1v) is 9.93. The largest absolute Gasteiger partial charge is 0.353 e. The number of hydrogen-bond donors (Lipinski definition) is 1. The van der Waals surface area contributed by atoms with Crippen molar-refractivity contribution in [1.29, 1.82) is 0 Å². The first-order chi connectivity index (χ1) is 9.43. The Hall–Kier alpha value is -0.720. The summed E-state index contributed by atoms with van der Waals surface area (Å²) in [6.07, 6.45) is 2.21. The van der Waals surface area contributed by atoms with E-state index in [4.69, 9.17) is 5.73 Å². The van der Waals surface area contributed by atoms with Crippen LogP contribution in [0.2, 0.25) is 0 Å². The Kier molecular flexibility index (Phi) is 4.99. The van der Waals surface area contributed by atoms with Gasteiger partial charge in [-0.3, -0.25) is 0 Å². The lowest BCUT2D eigenvalue weighted by atomic mass is 10.1. The molecule has 1 aromatic carbocycles. The topological polar surface area (TPSA) is 63.4 Å². The van der Waals surface area contributed by atoms with E-state index in [0.29, 0.717) is 5.75 Å². The van der Waals surface area contributed by atoms with Crippen LogP contribution in [0.4, 0.5) is 5.69 Å². The Bertz CT molecular complexity index is 543. The molecule has 1 aromatic rings. The maximum atomic E-state index is 11.9. The van der Waals surface area contributed by atoms with Crippen LogP contribution in [-0.4, -0.2) is 38.1 Å². The molecule has 2 rings (SSSR count). The Morgan fingerprint density at radius 1 is 1.40 bits per heavy atom. The van der Waals surface area contributed by atoms with Gasteiger partial charge in [0, 0.05) is 36.0 Å². The predicted molar refractivity (Wildman–Crippen MR) is 87.0 cm³/mol. The summed E-state index contributed by atoms with van der Waals surface area (Å²) in [4.78, 5) is 1.99. The predicted octanol–water partition coefficient (Wildman–Crippen LogP) is 2.02. The highest BCUT2D eigenvalue weighted by Crippen LogP contribution is 2.27. The van der Waals surface area contributed by atoms with Crippen LogP contribution in [0.1, 0.15) is 24.9 Å². The molecule has 0 spiro atoms. The molecule has 1 fully saturated rings. The lowest BCUT2D eigenvalue weighted by Gasteiger charge is -2.36. The minimum atomic E-state index is -3.07. The van der Waals surface area contributed by atoms with E-state index >= 15 is 0 Å². The zero-order chi connectivity index (χ0) is 14.8. The van der Waals surface area contributed by atoms with Gasteiger partial charge in [0.05, 0.1) is 0 Å². The second kappa shape index (κ2) is 6.37. The van der Waals surface area contributed by atoms with Gasteiger partial charge < -0.3 is 10.6 Å². The maximum Gasteiger partial charge on any atom is 0.169 e. The molecular weight excluding hydrogens is 292 g/mol. The summed E-state index contributed by atoms with van der Waals surface area (Å²) < 4.78 is 23.8. The Balaban J connectivity index is 2.25. The highest BCUT2D eigenvalue weighted by Gasteiger charge is 2.31. The molecule has 1 heterocycles. The molecule has 0 aliphatic carbocycles. The first kappa shape index (κ1) is 15.7. The van der Waals surface area contributed by atoms with Crippen molar-refractivity contribution in [2.24, 2.45) is 5.73 Å². The van der Waals surface area contributed by atoms with Gasteiger partial charge in [-0.05, 0) is 24.1 Å². The number of rotatable bonds is 4. The van der Waals surface area contributed by atoms with E-state index in [0.717, 1.165) is 30.0 Å². The van der Waals surface area contributed by atoms with Crippen molar-refractivity contribution in [1.82, 2.24) is 0 Å². The summed E-state index contributed by atoms with van der Waals surface area (Å²) in [5.74, 6) is 1.59. The molecule has 1 aliphatic heterocycles. The van der Waals surface area contributed by atoms with Gasteiger partial charge in [-0.2, -0.15) is 11.8 Å². The molecule has 0 amide bonds. The van der Waals surface area contributed by atoms with Crippen LogP contribution in [0.5, 0.6) is 0 Å². The number of nitrogens with zero attached hydrogens (tertiary/aromatic N) is 1. The van der Waals surface area contributed by atoms with Crippen LogP contribution in [0.25, 0.3) is 0 Å². The molecule has 2 atom stereocenters. The van der Waals surface area contributed by atoms with Gasteiger partial charge in [0.1, 0.15) is 5.37 Å². The minimum Gasteiger partial charge on any atom is -0.353 e. The summed E-state index contributed by atoms with van der Waals surface area (Å²) in [5.41, 5.74) is 8.07. The molecule has 6 heteroatoms. The van der Waals surface area contributed by atoms with Gasteiger partial charge in [-0.15, -0.1) is 0 Å². The third kappa shape index (κ3) is 3.48. The van der Waals surface area contributed by atoms with E-state index in [1.807, 2.05) is 29.2 Å². The fourth-order valence-corrected chi connectivity index (χ4v) is 5.22. The van der Waals surface area contributed by atoms with Crippen LogP contribution < -0.4 is 10.6 Å². The summed E-state index contributed by atoms with van der Waals surface area (Å²) in [6.45, 7) is 2.82. The minimum absolute atomic E-state index is 0.0478. The van der Waals surface area contributed by atoms with E-state index in [1.54, 1.807) is 11.8 Å². The van der Waals surface area contributed by atoms with Crippen molar-refractivity contribution in [2.75, 3.05) is 29.2 Å². The van der Waals surface area contributed by atoms with Crippen LogP contribution in [-0.2, 0) is 9.84 Å². The second-order valence-corrected chi connectivity index (χ2v) is 8.51. The van der Waals surface area contributed by atoms with Gasteiger partial charge in [0.25, 0.3) is 0 Å². The van der Waals surface area contributed by atoms with Crippen molar-refractivity contribution >= 4 is 27.3 Å². The van der Waals surface area contributed by atoms with E-state index in [1.165, 1.54) is 6.26 Å². The average Bonchev–Trinajstić information content (AvgIpc) is 2.46. The van der Waals surface area contributed by atoms with Crippen LogP contribution >= 0.6 is 11.8 Å². The van der Waals surface area contributed by atoms with Crippen LogP contribution in [0, 0.1) is 0 Å². The molecule has 2 N–H and O–H groups in total. The monoisotopic (exact) mass is 314 g/mol. The Morgan fingerprint density at radius 3 is 2.60 bits per heavy atom. The van der Waals surface area contributed by atoms with E-state index in [-0.39, 0.29) is 6.04 Å². The Morgan fingerprint density at radius 2 is 2.05 bits per heavy atom. The average molecular weight is 314 g/mol. The fraction of sp³-hybridized carbons (Fsp3) is 0.571. The first-order valence-electron chi connectivity index (χ1n) is 6.82. The van der Waals surface area contributed by atoms with Crippen molar-refractivity contribution < 1.29 is 8.42 Å². The van der Waals surface area contributed by atoms with Gasteiger partial charge in [-0.25, -0.2) is 8.42 Å². The standard InChI is InChI=1S/C14H22N2O2S2/c1-3-13(15)11-4-6-12(7-5-11)16-8-9-19-10-14(16)20(2,17)18/h4-7,13-14H,3,8-10,15H2,1-2H3/t13-,14?/m0/s1. The SMILES string of the molecule is CC[C@H](N)c1ccc(N2CCSCC2S(C)(=O)=O)cc1. The quantitative estimate of drug-likeness (QED) is 0.921. The molecule has 20 heavy (non-hydrogen) atoms.